The van der Waals surface area contributed by atoms with E-state index in [4.69, 9.17) is 17.3 Å². The van der Waals surface area contributed by atoms with E-state index in [1.807, 2.05) is 0 Å². The molecule has 100 valence electrons. The van der Waals surface area contributed by atoms with Gasteiger partial charge in [-0.1, -0.05) is 39.3 Å². The van der Waals surface area contributed by atoms with Gasteiger partial charge in [-0.25, -0.2) is 4.98 Å². The average Bonchev–Trinajstić information content (AvgIpc) is 2.29. The number of nitrogens with zero attached hydrogens (tertiary/aromatic N) is 1. The number of aromatic nitrogens is 1. The standard InChI is InChI=1S/C13H20ClN3O/c1-8(2)13(3,4)7-17-12(18)10-5-9(15)6-16-11(10)14/h5-6,8H,7,15H2,1-4H3,(H,17,18). The van der Waals surface area contributed by atoms with E-state index in [1.165, 1.54) is 12.3 Å². The summed E-state index contributed by atoms with van der Waals surface area (Å²) in [6, 6.07) is 1.53. The van der Waals surface area contributed by atoms with Gasteiger partial charge in [-0.2, -0.15) is 0 Å². The number of rotatable bonds is 4. The molecular weight excluding hydrogens is 250 g/mol. The van der Waals surface area contributed by atoms with Crippen molar-refractivity contribution in [3.05, 3.63) is 23.0 Å². The van der Waals surface area contributed by atoms with Gasteiger partial charge in [0, 0.05) is 6.54 Å². The maximum Gasteiger partial charge on any atom is 0.254 e. The van der Waals surface area contributed by atoms with E-state index < -0.39 is 0 Å². The van der Waals surface area contributed by atoms with E-state index in [9.17, 15) is 4.79 Å². The van der Waals surface area contributed by atoms with E-state index >= 15 is 0 Å². The second-order valence-corrected chi connectivity index (χ2v) is 5.79. The van der Waals surface area contributed by atoms with Crippen LogP contribution in [0.2, 0.25) is 5.15 Å². The molecular formula is C13H20ClN3O. The van der Waals surface area contributed by atoms with Crippen LogP contribution in [0.1, 0.15) is 38.1 Å². The van der Waals surface area contributed by atoms with Gasteiger partial charge in [0.2, 0.25) is 0 Å². The summed E-state index contributed by atoms with van der Waals surface area (Å²) in [6.07, 6.45) is 1.43. The Hall–Kier alpha value is -1.29. The summed E-state index contributed by atoms with van der Waals surface area (Å²) >= 11 is 5.88. The molecule has 0 aromatic carbocycles. The van der Waals surface area contributed by atoms with Crippen LogP contribution in [0.4, 0.5) is 5.69 Å². The zero-order valence-electron chi connectivity index (χ0n) is 11.2. The molecule has 1 aromatic heterocycles. The lowest BCUT2D eigenvalue weighted by Gasteiger charge is -2.29. The van der Waals surface area contributed by atoms with Crippen LogP contribution in [0.3, 0.4) is 0 Å². The lowest BCUT2D eigenvalue weighted by Crippen LogP contribution is -2.37. The fourth-order valence-corrected chi connectivity index (χ4v) is 1.42. The van der Waals surface area contributed by atoms with Crippen molar-refractivity contribution in [2.24, 2.45) is 11.3 Å². The Morgan fingerprint density at radius 1 is 1.56 bits per heavy atom. The van der Waals surface area contributed by atoms with E-state index in [0.29, 0.717) is 23.7 Å². The smallest absolute Gasteiger partial charge is 0.254 e. The minimum Gasteiger partial charge on any atom is -0.397 e. The van der Waals surface area contributed by atoms with Gasteiger partial charge >= 0.3 is 0 Å². The minimum atomic E-state index is -0.242. The summed E-state index contributed by atoms with van der Waals surface area (Å²) in [5.74, 6) is 0.223. The number of hydrogen-bond donors (Lipinski definition) is 2. The normalized spacial score (nSPS) is 11.7. The summed E-state index contributed by atoms with van der Waals surface area (Å²) in [4.78, 5) is 15.9. The van der Waals surface area contributed by atoms with Crippen molar-refractivity contribution in [3.63, 3.8) is 0 Å². The number of nitrogens with one attached hydrogen (secondary N) is 1. The van der Waals surface area contributed by atoms with Gasteiger partial charge in [-0.05, 0) is 17.4 Å². The van der Waals surface area contributed by atoms with Crippen LogP contribution in [0, 0.1) is 11.3 Å². The number of halogens is 1. The van der Waals surface area contributed by atoms with Gasteiger partial charge in [0.1, 0.15) is 5.15 Å². The van der Waals surface area contributed by atoms with Crippen LogP contribution in [-0.4, -0.2) is 17.4 Å². The second kappa shape index (κ2) is 5.57. The number of anilines is 1. The van der Waals surface area contributed by atoms with E-state index in [0.717, 1.165) is 0 Å². The van der Waals surface area contributed by atoms with Gasteiger partial charge in [-0.15, -0.1) is 0 Å². The third-order valence-corrected chi connectivity index (χ3v) is 3.67. The van der Waals surface area contributed by atoms with Crippen LogP contribution in [-0.2, 0) is 0 Å². The molecule has 0 unspecified atom stereocenters. The Kier molecular flexibility index (Phi) is 4.57. The first-order chi connectivity index (χ1) is 8.24. The molecule has 1 amide bonds. The highest BCUT2D eigenvalue weighted by molar-refractivity contribution is 6.32. The van der Waals surface area contributed by atoms with Crippen LogP contribution >= 0.6 is 11.6 Å². The highest BCUT2D eigenvalue weighted by Crippen LogP contribution is 2.25. The van der Waals surface area contributed by atoms with Crippen molar-refractivity contribution < 1.29 is 4.79 Å². The SMILES string of the molecule is CC(C)C(C)(C)CNC(=O)c1cc(N)cnc1Cl. The van der Waals surface area contributed by atoms with E-state index in [2.05, 4.69) is 38.0 Å². The second-order valence-electron chi connectivity index (χ2n) is 5.43. The average molecular weight is 270 g/mol. The van der Waals surface area contributed by atoms with Crippen molar-refractivity contribution in [1.29, 1.82) is 0 Å². The molecule has 1 aromatic rings. The molecule has 5 heteroatoms. The topological polar surface area (TPSA) is 68.0 Å². The zero-order chi connectivity index (χ0) is 13.9. The highest BCUT2D eigenvalue weighted by atomic mass is 35.5. The number of amides is 1. The molecule has 0 aliphatic heterocycles. The molecule has 4 nitrogen and oxygen atoms in total. The van der Waals surface area contributed by atoms with Crippen molar-refractivity contribution >= 4 is 23.2 Å². The Balaban J connectivity index is 2.75. The number of nitrogens with two attached hydrogens (primary N) is 1. The maximum atomic E-state index is 12.0. The third-order valence-electron chi connectivity index (χ3n) is 3.37. The quantitative estimate of drug-likeness (QED) is 0.826. The fourth-order valence-electron chi connectivity index (χ4n) is 1.23. The third kappa shape index (κ3) is 3.60. The van der Waals surface area contributed by atoms with Crippen LogP contribution in [0.25, 0.3) is 0 Å². The molecule has 3 N–H and O–H groups in total. The molecule has 0 bridgehead atoms. The largest absolute Gasteiger partial charge is 0.397 e. The molecule has 0 spiro atoms. The summed E-state index contributed by atoms with van der Waals surface area (Å²) < 4.78 is 0. The molecule has 0 radical (unpaired) electrons. The first kappa shape index (κ1) is 14.8. The van der Waals surface area contributed by atoms with E-state index in [1.54, 1.807) is 0 Å². The summed E-state index contributed by atoms with van der Waals surface area (Å²) in [5.41, 5.74) is 6.36. The molecule has 0 atom stereocenters. The van der Waals surface area contributed by atoms with Gasteiger partial charge in [0.25, 0.3) is 5.91 Å². The maximum absolute atomic E-state index is 12.0. The molecule has 18 heavy (non-hydrogen) atoms. The lowest BCUT2D eigenvalue weighted by molar-refractivity contribution is 0.0924. The molecule has 0 aliphatic rings. The minimum absolute atomic E-state index is 0.0237. The van der Waals surface area contributed by atoms with Crippen LogP contribution < -0.4 is 11.1 Å². The van der Waals surface area contributed by atoms with Crippen molar-refractivity contribution in [2.45, 2.75) is 27.7 Å². The van der Waals surface area contributed by atoms with Gasteiger partial charge in [0.05, 0.1) is 17.4 Å². The molecule has 1 heterocycles. The predicted molar refractivity (Wildman–Crippen MR) is 74.6 cm³/mol. The number of hydrogen-bond acceptors (Lipinski definition) is 3. The Morgan fingerprint density at radius 2 is 2.17 bits per heavy atom. The number of pyridine rings is 1. The Bertz CT molecular complexity index is 444. The molecule has 0 saturated heterocycles. The molecule has 0 saturated carbocycles. The molecule has 0 aliphatic carbocycles. The summed E-state index contributed by atoms with van der Waals surface area (Å²) in [6.45, 7) is 9.05. The van der Waals surface area contributed by atoms with Crippen molar-refractivity contribution in [3.8, 4) is 0 Å². The molecule has 1 rings (SSSR count). The van der Waals surface area contributed by atoms with Gasteiger partial charge < -0.3 is 11.1 Å². The zero-order valence-corrected chi connectivity index (χ0v) is 12.0. The number of nitrogen functional groups attached to an aromatic ring is 1. The fraction of sp³-hybridized carbons (Fsp3) is 0.538. The van der Waals surface area contributed by atoms with Crippen molar-refractivity contribution in [2.75, 3.05) is 12.3 Å². The Labute approximate surface area is 113 Å². The number of carbonyl (C=O) groups excluding carboxylic acids is 1. The molecule has 0 fully saturated rings. The lowest BCUT2D eigenvalue weighted by atomic mass is 9.81. The van der Waals surface area contributed by atoms with Crippen LogP contribution in [0.15, 0.2) is 12.3 Å². The van der Waals surface area contributed by atoms with Crippen LogP contribution in [0.5, 0.6) is 0 Å². The number of carbonyl (C=O) groups is 1. The van der Waals surface area contributed by atoms with Gasteiger partial charge in [-0.3, -0.25) is 4.79 Å². The Morgan fingerprint density at radius 3 is 2.72 bits per heavy atom. The van der Waals surface area contributed by atoms with E-state index in [-0.39, 0.29) is 16.5 Å². The predicted octanol–water partition coefficient (Wildman–Crippen LogP) is 2.73. The van der Waals surface area contributed by atoms with Gasteiger partial charge in [0.15, 0.2) is 0 Å². The monoisotopic (exact) mass is 269 g/mol. The first-order valence-electron chi connectivity index (χ1n) is 5.93. The van der Waals surface area contributed by atoms with Crippen molar-refractivity contribution in [1.82, 2.24) is 10.3 Å². The highest BCUT2D eigenvalue weighted by Gasteiger charge is 2.23. The summed E-state index contributed by atoms with van der Waals surface area (Å²) in [5, 5.41) is 3.04. The first-order valence-corrected chi connectivity index (χ1v) is 6.31. The summed E-state index contributed by atoms with van der Waals surface area (Å²) in [7, 11) is 0.